The number of hydrogen-bond acceptors (Lipinski definition) is 3. The summed E-state index contributed by atoms with van der Waals surface area (Å²) in [6.45, 7) is 0.936. The summed E-state index contributed by atoms with van der Waals surface area (Å²) < 4.78 is 0. The number of hydrogen-bond donors (Lipinski definition) is 1. The van der Waals surface area contributed by atoms with Crippen molar-refractivity contribution in [3.8, 4) is 0 Å². The highest BCUT2D eigenvalue weighted by Crippen LogP contribution is 2.28. The Morgan fingerprint density at radius 2 is 2.16 bits per heavy atom. The molecule has 1 N–H and O–H groups in total. The van der Waals surface area contributed by atoms with E-state index in [4.69, 9.17) is 11.6 Å². The summed E-state index contributed by atoms with van der Waals surface area (Å²) in [6.07, 6.45) is 6.56. The standard InChI is InChI=1S/C15H18ClN3/c16-13-6-3-4-11(8-13)9-17-15-14-7-2-1-5-12(14)10-18-19-15/h1-2,5,7,10-11,13H,3-4,6,8-9H2,(H,17,19). The number of nitrogens with one attached hydrogen (secondary N) is 1. The van der Waals surface area contributed by atoms with Crippen molar-refractivity contribution in [3.63, 3.8) is 0 Å². The highest BCUT2D eigenvalue weighted by atomic mass is 35.5. The van der Waals surface area contributed by atoms with E-state index in [1.54, 1.807) is 6.20 Å². The molecule has 1 aliphatic rings. The lowest BCUT2D eigenvalue weighted by atomic mass is 9.89. The van der Waals surface area contributed by atoms with Crippen LogP contribution in [0.15, 0.2) is 30.5 Å². The molecule has 1 heterocycles. The quantitative estimate of drug-likeness (QED) is 0.865. The molecular formula is C15H18ClN3. The first kappa shape index (κ1) is 12.7. The SMILES string of the molecule is ClC1CCCC(CNc2nncc3ccccc23)C1. The van der Waals surface area contributed by atoms with E-state index in [1.165, 1.54) is 12.8 Å². The van der Waals surface area contributed by atoms with Crippen molar-refractivity contribution in [3.05, 3.63) is 30.5 Å². The second kappa shape index (κ2) is 5.74. The van der Waals surface area contributed by atoms with Gasteiger partial charge in [-0.25, -0.2) is 0 Å². The Morgan fingerprint density at radius 3 is 3.05 bits per heavy atom. The van der Waals surface area contributed by atoms with Gasteiger partial charge in [0.25, 0.3) is 0 Å². The van der Waals surface area contributed by atoms with Crippen LogP contribution in [0.3, 0.4) is 0 Å². The molecule has 1 fully saturated rings. The van der Waals surface area contributed by atoms with Gasteiger partial charge in [0.2, 0.25) is 0 Å². The molecule has 0 radical (unpaired) electrons. The Bertz CT molecular complexity index is 553. The molecule has 100 valence electrons. The summed E-state index contributed by atoms with van der Waals surface area (Å²) in [6, 6.07) is 8.19. The summed E-state index contributed by atoms with van der Waals surface area (Å²) >= 11 is 6.23. The lowest BCUT2D eigenvalue weighted by Crippen LogP contribution is -2.22. The van der Waals surface area contributed by atoms with Crippen molar-refractivity contribution in [2.75, 3.05) is 11.9 Å². The molecule has 3 nitrogen and oxygen atoms in total. The lowest BCUT2D eigenvalue weighted by molar-refractivity contribution is 0.378. The molecule has 0 bridgehead atoms. The third-order valence-corrected chi connectivity index (χ3v) is 4.24. The molecule has 2 aromatic rings. The number of aromatic nitrogens is 2. The zero-order valence-electron chi connectivity index (χ0n) is 10.8. The third kappa shape index (κ3) is 2.98. The molecule has 2 atom stereocenters. The van der Waals surface area contributed by atoms with E-state index in [0.717, 1.165) is 36.0 Å². The normalized spacial score (nSPS) is 23.4. The van der Waals surface area contributed by atoms with Crippen molar-refractivity contribution in [1.29, 1.82) is 0 Å². The zero-order chi connectivity index (χ0) is 13.1. The molecular weight excluding hydrogens is 258 g/mol. The molecule has 2 unspecified atom stereocenters. The van der Waals surface area contributed by atoms with Crippen molar-refractivity contribution in [1.82, 2.24) is 10.2 Å². The monoisotopic (exact) mass is 275 g/mol. The van der Waals surface area contributed by atoms with Gasteiger partial charge in [0.1, 0.15) is 0 Å². The molecule has 1 aromatic carbocycles. The topological polar surface area (TPSA) is 37.8 Å². The molecule has 3 rings (SSSR count). The van der Waals surface area contributed by atoms with E-state index in [1.807, 2.05) is 12.1 Å². The van der Waals surface area contributed by atoms with E-state index >= 15 is 0 Å². The molecule has 0 spiro atoms. The first-order chi connectivity index (χ1) is 9.33. The van der Waals surface area contributed by atoms with E-state index in [-0.39, 0.29) is 0 Å². The molecule has 19 heavy (non-hydrogen) atoms. The van der Waals surface area contributed by atoms with Crippen LogP contribution in [0, 0.1) is 5.92 Å². The van der Waals surface area contributed by atoms with Gasteiger partial charge in [-0.2, -0.15) is 5.10 Å². The largest absolute Gasteiger partial charge is 0.368 e. The Balaban J connectivity index is 1.71. The van der Waals surface area contributed by atoms with Crippen LogP contribution < -0.4 is 5.32 Å². The maximum atomic E-state index is 6.23. The minimum atomic E-state index is 0.346. The van der Waals surface area contributed by atoms with Crippen LogP contribution in [0.5, 0.6) is 0 Å². The maximum Gasteiger partial charge on any atom is 0.156 e. The van der Waals surface area contributed by atoms with Crippen LogP contribution in [0.1, 0.15) is 25.7 Å². The smallest absolute Gasteiger partial charge is 0.156 e. The summed E-state index contributed by atoms with van der Waals surface area (Å²) in [5, 5.41) is 14.3. The van der Waals surface area contributed by atoms with Crippen LogP contribution in [0.25, 0.3) is 10.8 Å². The second-order valence-electron chi connectivity index (χ2n) is 5.29. The summed E-state index contributed by atoms with van der Waals surface area (Å²) in [7, 11) is 0. The molecule has 0 aliphatic heterocycles. The fraction of sp³-hybridized carbons (Fsp3) is 0.467. The first-order valence-corrected chi connectivity index (χ1v) is 7.35. The zero-order valence-corrected chi connectivity index (χ0v) is 11.6. The lowest BCUT2D eigenvalue weighted by Gasteiger charge is -2.25. The van der Waals surface area contributed by atoms with Crippen molar-refractivity contribution in [2.45, 2.75) is 31.1 Å². The predicted octanol–water partition coefficient (Wildman–Crippen LogP) is 3.84. The van der Waals surface area contributed by atoms with Crippen LogP contribution in [-0.4, -0.2) is 22.1 Å². The third-order valence-electron chi connectivity index (χ3n) is 3.85. The number of anilines is 1. The summed E-state index contributed by atoms with van der Waals surface area (Å²) in [5.41, 5.74) is 0. The fourth-order valence-electron chi connectivity index (χ4n) is 2.81. The summed E-state index contributed by atoms with van der Waals surface area (Å²) in [4.78, 5) is 0. The highest BCUT2D eigenvalue weighted by molar-refractivity contribution is 6.20. The molecule has 1 aromatic heterocycles. The number of halogens is 1. The number of alkyl halides is 1. The number of nitrogens with zero attached hydrogens (tertiary/aromatic N) is 2. The minimum absolute atomic E-state index is 0.346. The first-order valence-electron chi connectivity index (χ1n) is 6.91. The Morgan fingerprint density at radius 1 is 1.26 bits per heavy atom. The molecule has 4 heteroatoms. The highest BCUT2D eigenvalue weighted by Gasteiger charge is 2.20. The van der Waals surface area contributed by atoms with Crippen LogP contribution in [0.2, 0.25) is 0 Å². The molecule has 0 saturated heterocycles. The Labute approximate surface area is 118 Å². The predicted molar refractivity (Wildman–Crippen MR) is 79.6 cm³/mol. The van der Waals surface area contributed by atoms with E-state index < -0.39 is 0 Å². The Kier molecular flexibility index (Phi) is 3.83. The number of fused-ring (bicyclic) bond motifs is 1. The average molecular weight is 276 g/mol. The minimum Gasteiger partial charge on any atom is -0.368 e. The van der Waals surface area contributed by atoms with Gasteiger partial charge in [0.05, 0.1) is 6.20 Å². The molecule has 1 saturated carbocycles. The van der Waals surface area contributed by atoms with Gasteiger partial charge in [-0.3, -0.25) is 0 Å². The average Bonchev–Trinajstić information content (AvgIpc) is 2.45. The summed E-state index contributed by atoms with van der Waals surface area (Å²) in [5.74, 6) is 1.53. The Hall–Kier alpha value is -1.35. The van der Waals surface area contributed by atoms with Gasteiger partial charge in [-0.1, -0.05) is 30.7 Å². The van der Waals surface area contributed by atoms with Gasteiger partial charge >= 0.3 is 0 Å². The van der Waals surface area contributed by atoms with Gasteiger partial charge < -0.3 is 5.32 Å². The van der Waals surface area contributed by atoms with Crippen molar-refractivity contribution < 1.29 is 0 Å². The number of benzene rings is 1. The molecule has 1 aliphatic carbocycles. The van der Waals surface area contributed by atoms with Gasteiger partial charge in [0, 0.05) is 22.7 Å². The van der Waals surface area contributed by atoms with E-state index in [9.17, 15) is 0 Å². The second-order valence-corrected chi connectivity index (χ2v) is 5.91. The van der Waals surface area contributed by atoms with Gasteiger partial charge in [0.15, 0.2) is 5.82 Å². The van der Waals surface area contributed by atoms with Crippen LogP contribution in [0.4, 0.5) is 5.82 Å². The molecule has 0 amide bonds. The van der Waals surface area contributed by atoms with Gasteiger partial charge in [-0.05, 0) is 25.2 Å². The van der Waals surface area contributed by atoms with Gasteiger partial charge in [-0.15, -0.1) is 16.7 Å². The number of rotatable bonds is 3. The van der Waals surface area contributed by atoms with E-state index in [0.29, 0.717) is 11.3 Å². The van der Waals surface area contributed by atoms with Crippen LogP contribution in [-0.2, 0) is 0 Å². The van der Waals surface area contributed by atoms with Crippen molar-refractivity contribution in [2.24, 2.45) is 5.92 Å². The maximum absolute atomic E-state index is 6.23. The fourth-order valence-corrected chi connectivity index (χ4v) is 3.22. The van der Waals surface area contributed by atoms with Crippen LogP contribution >= 0.6 is 11.6 Å². The van der Waals surface area contributed by atoms with E-state index in [2.05, 4.69) is 27.6 Å². The van der Waals surface area contributed by atoms with Crippen molar-refractivity contribution >= 4 is 28.2 Å².